The van der Waals surface area contributed by atoms with Crippen LogP contribution in [-0.4, -0.2) is 18.2 Å². The molecule has 5 N–H and O–H groups in total. The van der Waals surface area contributed by atoms with Gasteiger partial charge in [-0.1, -0.05) is 47.5 Å². The van der Waals surface area contributed by atoms with Crippen LogP contribution in [0.2, 0.25) is 0 Å². The van der Waals surface area contributed by atoms with E-state index in [2.05, 4.69) is 40.0 Å². The van der Waals surface area contributed by atoms with Crippen LogP contribution in [0.1, 0.15) is 112 Å². The van der Waals surface area contributed by atoms with E-state index in [4.69, 9.17) is 11.7 Å². The van der Waals surface area contributed by atoms with Crippen LogP contribution >= 0.6 is 0 Å². The molecular weight excluding hydrogens is 392 g/mol. The lowest BCUT2D eigenvalue weighted by molar-refractivity contribution is -0.113. The Kier molecular flexibility index (Phi) is 7.12. The third kappa shape index (κ3) is 4.20. The summed E-state index contributed by atoms with van der Waals surface area (Å²) in [6.07, 6.45) is 17.4. The number of rotatable bonds is 7. The zero-order chi connectivity index (χ0) is 23.3. The molecule has 0 aromatic heterocycles. The third-order valence-corrected chi connectivity index (χ3v) is 12.1. The number of hydrazine groups is 2. The number of hydrogen-bond acceptors (Lipinski definition) is 4. The second-order valence-corrected chi connectivity index (χ2v) is 13.9. The number of nitrogens with zero attached hydrogens (tertiary/aromatic N) is 1. The molecule has 0 heterocycles. The van der Waals surface area contributed by atoms with Gasteiger partial charge in [0.2, 0.25) is 0 Å². The van der Waals surface area contributed by atoms with E-state index < -0.39 is 0 Å². The predicted octanol–water partition coefficient (Wildman–Crippen LogP) is 6.07. The molecule has 4 nitrogen and oxygen atoms in total. The summed E-state index contributed by atoms with van der Waals surface area (Å²) in [6.45, 7) is 12.8. The summed E-state index contributed by atoms with van der Waals surface area (Å²) in [6, 6.07) is 0. The maximum absolute atomic E-state index is 6.02. The van der Waals surface area contributed by atoms with Gasteiger partial charge in [0, 0.05) is 7.05 Å². The fraction of sp³-hybridized carbons (Fsp3) is 1.00. The third-order valence-electron chi connectivity index (χ3n) is 12.1. The van der Waals surface area contributed by atoms with Gasteiger partial charge in [0.05, 0.1) is 6.17 Å². The van der Waals surface area contributed by atoms with Gasteiger partial charge < -0.3 is 0 Å². The molecule has 9 unspecified atom stereocenters. The first kappa shape index (κ1) is 24.9. The van der Waals surface area contributed by atoms with Crippen LogP contribution in [0.5, 0.6) is 0 Å². The first-order chi connectivity index (χ1) is 15.0. The van der Waals surface area contributed by atoms with Crippen LogP contribution in [0.3, 0.4) is 0 Å². The van der Waals surface area contributed by atoms with Crippen LogP contribution in [-0.2, 0) is 0 Å². The van der Waals surface area contributed by atoms with Gasteiger partial charge in [-0.3, -0.25) is 11.7 Å². The normalized spacial score (nSPS) is 44.0. The Labute approximate surface area is 198 Å². The number of fused-ring (bicyclic) bond motifs is 5. The van der Waals surface area contributed by atoms with Crippen LogP contribution in [0.15, 0.2) is 0 Å². The zero-order valence-corrected chi connectivity index (χ0v) is 22.1. The highest BCUT2D eigenvalue weighted by Gasteiger charge is 2.59. The second kappa shape index (κ2) is 9.13. The molecule has 0 amide bonds. The van der Waals surface area contributed by atoms with Gasteiger partial charge in [-0.05, 0) is 116 Å². The van der Waals surface area contributed by atoms with Crippen molar-refractivity contribution in [2.24, 2.45) is 63.4 Å². The molecule has 32 heavy (non-hydrogen) atoms. The molecule has 0 aromatic rings. The van der Waals surface area contributed by atoms with E-state index in [9.17, 15) is 0 Å². The van der Waals surface area contributed by atoms with Gasteiger partial charge in [-0.2, -0.15) is 0 Å². The molecule has 9 atom stereocenters. The van der Waals surface area contributed by atoms with E-state index in [1.807, 2.05) is 7.05 Å². The monoisotopic (exact) mass is 446 g/mol. The van der Waals surface area contributed by atoms with Crippen LogP contribution in [0.25, 0.3) is 0 Å². The summed E-state index contributed by atoms with van der Waals surface area (Å²) < 4.78 is 0. The largest absolute Gasteiger partial charge is 0.270 e. The Bertz CT molecular complexity index is 647. The molecule has 4 saturated carbocycles. The number of hydrogen-bond donors (Lipinski definition) is 3. The molecule has 4 aliphatic carbocycles. The fourth-order valence-electron chi connectivity index (χ4n) is 9.58. The molecule has 4 heteroatoms. The van der Waals surface area contributed by atoms with Crippen molar-refractivity contribution in [3.63, 3.8) is 0 Å². The van der Waals surface area contributed by atoms with Crippen molar-refractivity contribution in [1.29, 1.82) is 0 Å². The maximum atomic E-state index is 6.02. The van der Waals surface area contributed by atoms with Gasteiger partial charge in [0.25, 0.3) is 0 Å². The topological polar surface area (TPSA) is 67.3 Å². The molecule has 0 radical (unpaired) electrons. The smallest absolute Gasteiger partial charge is 0.0855 e. The molecule has 0 saturated heterocycles. The molecule has 0 aliphatic heterocycles. The average molecular weight is 447 g/mol. The molecule has 4 aliphatic rings. The summed E-state index contributed by atoms with van der Waals surface area (Å²) in [4.78, 5) is 0. The molecule has 186 valence electrons. The van der Waals surface area contributed by atoms with Crippen molar-refractivity contribution in [2.45, 2.75) is 118 Å². The summed E-state index contributed by atoms with van der Waals surface area (Å²) in [5.41, 5.74) is 4.43. The number of nitrogens with one attached hydrogen (secondary N) is 1. The van der Waals surface area contributed by atoms with Crippen molar-refractivity contribution >= 4 is 0 Å². The molecule has 4 rings (SSSR count). The lowest BCUT2D eigenvalue weighted by Crippen LogP contribution is -2.53. The van der Waals surface area contributed by atoms with E-state index in [0.717, 1.165) is 36.0 Å². The molecule has 0 spiro atoms. The van der Waals surface area contributed by atoms with E-state index in [1.54, 1.807) is 5.01 Å². The summed E-state index contributed by atoms with van der Waals surface area (Å²) in [5.74, 6) is 17.3. The zero-order valence-electron chi connectivity index (χ0n) is 22.1. The first-order valence-electron chi connectivity index (χ1n) is 14.0. The highest BCUT2D eigenvalue weighted by atomic mass is 15.5. The van der Waals surface area contributed by atoms with Crippen molar-refractivity contribution < 1.29 is 0 Å². The van der Waals surface area contributed by atoms with Gasteiger partial charge in [-0.15, -0.1) is 0 Å². The molecule has 0 aromatic carbocycles. The van der Waals surface area contributed by atoms with Crippen LogP contribution < -0.4 is 17.1 Å². The van der Waals surface area contributed by atoms with Crippen LogP contribution in [0.4, 0.5) is 0 Å². The Morgan fingerprint density at radius 2 is 1.69 bits per heavy atom. The van der Waals surface area contributed by atoms with E-state index in [0.29, 0.717) is 22.2 Å². The Balaban J connectivity index is 1.45. The van der Waals surface area contributed by atoms with E-state index in [1.165, 1.54) is 70.6 Å². The minimum absolute atomic E-state index is 0.0399. The molecular formula is C28H54N4. The molecule has 4 fully saturated rings. The lowest BCUT2D eigenvalue weighted by Gasteiger charge is -2.61. The Morgan fingerprint density at radius 3 is 2.38 bits per heavy atom. The quantitative estimate of drug-likeness (QED) is 0.252. The van der Waals surface area contributed by atoms with Gasteiger partial charge in [0.1, 0.15) is 0 Å². The molecule has 0 bridgehead atoms. The van der Waals surface area contributed by atoms with Gasteiger partial charge in [0.15, 0.2) is 0 Å². The predicted molar refractivity (Wildman–Crippen MR) is 135 cm³/mol. The summed E-state index contributed by atoms with van der Waals surface area (Å²) >= 11 is 0. The first-order valence-corrected chi connectivity index (χ1v) is 14.0. The second-order valence-electron chi connectivity index (χ2n) is 13.9. The highest BCUT2D eigenvalue weighted by Crippen LogP contribution is 2.68. The van der Waals surface area contributed by atoms with Crippen molar-refractivity contribution in [2.75, 3.05) is 7.05 Å². The standard InChI is InChI=1S/C28H54N4/c1-19(17-25(31-29)32(6)30)26(2,3)18-21-11-13-23-22-12-10-20-9-7-8-15-27(20,4)24(22)14-16-28(21,23)5/h19-25,31H,7-18,29-30H2,1-6H3. The summed E-state index contributed by atoms with van der Waals surface area (Å²) in [5, 5.41) is 1.73. The highest BCUT2D eigenvalue weighted by molar-refractivity contribution is 5.09. The minimum atomic E-state index is 0.0399. The van der Waals surface area contributed by atoms with Crippen molar-refractivity contribution in [3.8, 4) is 0 Å². The van der Waals surface area contributed by atoms with Crippen molar-refractivity contribution in [1.82, 2.24) is 10.4 Å². The van der Waals surface area contributed by atoms with E-state index >= 15 is 0 Å². The minimum Gasteiger partial charge on any atom is -0.270 e. The number of nitrogens with two attached hydrogens (primary N) is 2. The maximum Gasteiger partial charge on any atom is 0.0855 e. The van der Waals surface area contributed by atoms with E-state index in [-0.39, 0.29) is 6.17 Å². The lowest BCUT2D eigenvalue weighted by atomic mass is 9.44. The van der Waals surface area contributed by atoms with Gasteiger partial charge in [-0.25, -0.2) is 10.4 Å². The summed E-state index contributed by atoms with van der Waals surface area (Å²) in [7, 11) is 1.91. The van der Waals surface area contributed by atoms with Crippen LogP contribution in [0, 0.1) is 51.8 Å². The average Bonchev–Trinajstić information content (AvgIpc) is 3.06. The Morgan fingerprint density at radius 1 is 0.969 bits per heavy atom. The van der Waals surface area contributed by atoms with Crippen molar-refractivity contribution in [3.05, 3.63) is 0 Å². The fourth-order valence-corrected chi connectivity index (χ4v) is 9.58. The SMILES string of the molecule is CC(CC(NN)N(C)N)C(C)(C)CC1CCC2C3CCC4CCCCC4(C)C3CCC12C. The Hall–Kier alpha value is -0.160. The van der Waals surface area contributed by atoms with Gasteiger partial charge >= 0.3 is 0 Å².